The van der Waals surface area contributed by atoms with Crippen LogP contribution in [-0.4, -0.2) is 9.97 Å². The molecule has 2 aromatic rings. The molecule has 0 saturated heterocycles. The normalized spacial score (nSPS) is 10.0. The SMILES string of the molecule is C=Cc1cc2cccnc2nc1C=C. The maximum atomic E-state index is 4.36. The fraction of sp³-hybridized carbons (Fsp3) is 0. The number of nitrogens with zero attached hydrogens (tertiary/aromatic N) is 2. The number of fused-ring (bicyclic) bond motifs is 1. The zero-order valence-corrected chi connectivity index (χ0v) is 7.77. The molecule has 0 spiro atoms. The van der Waals surface area contributed by atoms with Crippen molar-refractivity contribution in [2.24, 2.45) is 0 Å². The first-order valence-corrected chi connectivity index (χ1v) is 4.36. The van der Waals surface area contributed by atoms with Gasteiger partial charge in [-0.1, -0.05) is 19.2 Å². The lowest BCUT2D eigenvalue weighted by molar-refractivity contribution is 1.26. The Bertz CT molecular complexity index is 454. The average Bonchev–Trinajstić information content (AvgIpc) is 2.27. The van der Waals surface area contributed by atoms with E-state index in [1.807, 2.05) is 18.2 Å². The van der Waals surface area contributed by atoms with E-state index in [9.17, 15) is 0 Å². The summed E-state index contributed by atoms with van der Waals surface area (Å²) in [6.45, 7) is 7.45. The van der Waals surface area contributed by atoms with Gasteiger partial charge in [-0.2, -0.15) is 0 Å². The molecule has 0 aliphatic rings. The van der Waals surface area contributed by atoms with E-state index in [-0.39, 0.29) is 0 Å². The molecule has 0 unspecified atom stereocenters. The summed E-state index contributed by atoms with van der Waals surface area (Å²) in [5, 5.41) is 1.02. The third kappa shape index (κ3) is 1.31. The summed E-state index contributed by atoms with van der Waals surface area (Å²) in [5.74, 6) is 0. The van der Waals surface area contributed by atoms with Gasteiger partial charge in [-0.15, -0.1) is 0 Å². The van der Waals surface area contributed by atoms with Gasteiger partial charge in [-0.25, -0.2) is 9.97 Å². The van der Waals surface area contributed by atoms with Crippen molar-refractivity contribution in [3.05, 3.63) is 48.8 Å². The summed E-state index contributed by atoms with van der Waals surface area (Å²) in [6.07, 6.45) is 5.22. The van der Waals surface area contributed by atoms with E-state index in [0.717, 1.165) is 22.3 Å². The minimum Gasteiger partial charge on any atom is -0.237 e. The largest absolute Gasteiger partial charge is 0.237 e. The average molecular weight is 182 g/mol. The predicted octanol–water partition coefficient (Wildman–Crippen LogP) is 2.92. The molecule has 0 aliphatic heterocycles. The molecule has 2 heterocycles. The van der Waals surface area contributed by atoms with Crippen LogP contribution in [0, 0.1) is 0 Å². The molecule has 0 aromatic carbocycles. The van der Waals surface area contributed by atoms with Gasteiger partial charge in [0.05, 0.1) is 5.69 Å². The molecule has 0 saturated carbocycles. The highest BCUT2D eigenvalue weighted by Gasteiger charge is 2.00. The van der Waals surface area contributed by atoms with Crippen LogP contribution in [-0.2, 0) is 0 Å². The van der Waals surface area contributed by atoms with Crippen molar-refractivity contribution in [1.82, 2.24) is 9.97 Å². The van der Waals surface area contributed by atoms with Gasteiger partial charge in [0.2, 0.25) is 0 Å². The Morgan fingerprint density at radius 1 is 1.21 bits per heavy atom. The van der Waals surface area contributed by atoms with E-state index < -0.39 is 0 Å². The van der Waals surface area contributed by atoms with Crippen LogP contribution in [0.3, 0.4) is 0 Å². The van der Waals surface area contributed by atoms with Crippen LogP contribution in [0.15, 0.2) is 37.6 Å². The molecule has 2 rings (SSSR count). The molecule has 0 N–H and O–H groups in total. The molecular weight excluding hydrogens is 172 g/mol. The van der Waals surface area contributed by atoms with E-state index in [1.54, 1.807) is 18.3 Å². The molecular formula is C12H10N2. The highest BCUT2D eigenvalue weighted by atomic mass is 14.8. The Kier molecular flexibility index (Phi) is 2.11. The van der Waals surface area contributed by atoms with E-state index in [0.29, 0.717) is 0 Å². The van der Waals surface area contributed by atoms with Gasteiger partial charge in [0.25, 0.3) is 0 Å². The molecule has 0 radical (unpaired) electrons. The molecule has 0 atom stereocenters. The van der Waals surface area contributed by atoms with Crippen molar-refractivity contribution in [2.75, 3.05) is 0 Å². The molecule has 14 heavy (non-hydrogen) atoms. The Labute approximate surface area is 82.6 Å². The molecule has 68 valence electrons. The monoisotopic (exact) mass is 182 g/mol. The second kappa shape index (κ2) is 3.42. The van der Waals surface area contributed by atoms with Gasteiger partial charge >= 0.3 is 0 Å². The molecule has 2 aromatic heterocycles. The quantitative estimate of drug-likeness (QED) is 0.713. The standard InChI is InChI=1S/C12H10N2/c1-3-9-8-10-6-5-7-13-12(10)14-11(9)4-2/h3-8H,1-2H2. The second-order valence-electron chi connectivity index (χ2n) is 2.92. The lowest BCUT2D eigenvalue weighted by Crippen LogP contribution is -1.90. The van der Waals surface area contributed by atoms with Crippen LogP contribution in [0.1, 0.15) is 11.3 Å². The van der Waals surface area contributed by atoms with Crippen LogP contribution < -0.4 is 0 Å². The number of rotatable bonds is 2. The molecule has 0 aliphatic carbocycles. The van der Waals surface area contributed by atoms with Gasteiger partial charge in [0, 0.05) is 17.1 Å². The zero-order chi connectivity index (χ0) is 9.97. The summed E-state index contributed by atoms with van der Waals surface area (Å²) < 4.78 is 0. The Balaban J connectivity index is 2.81. The minimum absolute atomic E-state index is 0.744. The molecule has 0 amide bonds. The van der Waals surface area contributed by atoms with Crippen molar-refractivity contribution in [3.63, 3.8) is 0 Å². The van der Waals surface area contributed by atoms with Gasteiger partial charge in [0.1, 0.15) is 0 Å². The van der Waals surface area contributed by atoms with Gasteiger partial charge < -0.3 is 0 Å². The molecule has 2 heteroatoms. The van der Waals surface area contributed by atoms with E-state index in [1.165, 1.54) is 0 Å². The summed E-state index contributed by atoms with van der Waals surface area (Å²) in [6, 6.07) is 5.89. The van der Waals surface area contributed by atoms with Crippen molar-refractivity contribution in [1.29, 1.82) is 0 Å². The highest BCUT2D eigenvalue weighted by molar-refractivity contribution is 5.80. The summed E-state index contributed by atoms with van der Waals surface area (Å²) >= 11 is 0. The van der Waals surface area contributed by atoms with Gasteiger partial charge in [0.15, 0.2) is 5.65 Å². The zero-order valence-electron chi connectivity index (χ0n) is 7.77. The summed E-state index contributed by atoms with van der Waals surface area (Å²) in [5.41, 5.74) is 2.56. The van der Waals surface area contributed by atoms with Crippen molar-refractivity contribution >= 4 is 23.2 Å². The molecule has 2 nitrogen and oxygen atoms in total. The second-order valence-corrected chi connectivity index (χ2v) is 2.92. The van der Waals surface area contributed by atoms with E-state index in [4.69, 9.17) is 0 Å². The first-order valence-electron chi connectivity index (χ1n) is 4.36. The third-order valence-corrected chi connectivity index (χ3v) is 2.06. The van der Waals surface area contributed by atoms with Gasteiger partial charge in [-0.05, 0) is 24.3 Å². The topological polar surface area (TPSA) is 25.8 Å². The minimum atomic E-state index is 0.744. The lowest BCUT2D eigenvalue weighted by Gasteiger charge is -2.02. The van der Waals surface area contributed by atoms with E-state index in [2.05, 4.69) is 23.1 Å². The Morgan fingerprint density at radius 3 is 2.79 bits per heavy atom. The maximum Gasteiger partial charge on any atom is 0.159 e. The number of hydrogen-bond acceptors (Lipinski definition) is 2. The highest BCUT2D eigenvalue weighted by Crippen LogP contribution is 2.16. The predicted molar refractivity (Wildman–Crippen MR) is 59.7 cm³/mol. The van der Waals surface area contributed by atoms with Gasteiger partial charge in [-0.3, -0.25) is 0 Å². The first kappa shape index (κ1) is 8.63. The lowest BCUT2D eigenvalue weighted by atomic mass is 10.1. The number of pyridine rings is 2. The maximum absolute atomic E-state index is 4.36. The number of aromatic nitrogens is 2. The van der Waals surface area contributed by atoms with Crippen molar-refractivity contribution < 1.29 is 0 Å². The Hall–Kier alpha value is -1.96. The van der Waals surface area contributed by atoms with Crippen LogP contribution in [0.4, 0.5) is 0 Å². The van der Waals surface area contributed by atoms with Crippen LogP contribution in [0.2, 0.25) is 0 Å². The van der Waals surface area contributed by atoms with Crippen LogP contribution >= 0.6 is 0 Å². The van der Waals surface area contributed by atoms with Crippen LogP contribution in [0.5, 0.6) is 0 Å². The van der Waals surface area contributed by atoms with E-state index >= 15 is 0 Å². The Morgan fingerprint density at radius 2 is 2.07 bits per heavy atom. The smallest absolute Gasteiger partial charge is 0.159 e. The van der Waals surface area contributed by atoms with Crippen molar-refractivity contribution in [2.45, 2.75) is 0 Å². The fourth-order valence-corrected chi connectivity index (χ4v) is 1.36. The third-order valence-electron chi connectivity index (χ3n) is 2.06. The molecule has 0 bridgehead atoms. The summed E-state index contributed by atoms with van der Waals surface area (Å²) in [7, 11) is 0. The molecule has 0 fully saturated rings. The van der Waals surface area contributed by atoms with Crippen LogP contribution in [0.25, 0.3) is 23.2 Å². The first-order chi connectivity index (χ1) is 6.85. The summed E-state index contributed by atoms with van der Waals surface area (Å²) in [4.78, 5) is 8.54. The van der Waals surface area contributed by atoms with Crippen molar-refractivity contribution in [3.8, 4) is 0 Å². The fourth-order valence-electron chi connectivity index (χ4n) is 1.36. The number of hydrogen-bond donors (Lipinski definition) is 0.